The monoisotopic (exact) mass is 326 g/mol. The van der Waals surface area contributed by atoms with E-state index in [0.717, 1.165) is 6.42 Å². The van der Waals surface area contributed by atoms with Crippen molar-refractivity contribution in [2.24, 2.45) is 0 Å². The first-order chi connectivity index (χ1) is 10.4. The molecule has 1 saturated heterocycles. The number of benzene rings is 1. The largest absolute Gasteiger partial charge is 0.495 e. The number of methoxy groups -OCH3 is 1. The van der Waals surface area contributed by atoms with Gasteiger partial charge in [0.05, 0.1) is 18.7 Å². The van der Waals surface area contributed by atoms with Gasteiger partial charge in [0.25, 0.3) is 0 Å². The Kier molecular flexibility index (Phi) is 4.93. The van der Waals surface area contributed by atoms with E-state index in [9.17, 15) is 14.7 Å². The van der Waals surface area contributed by atoms with Crippen LogP contribution in [0.1, 0.15) is 19.8 Å². The highest BCUT2D eigenvalue weighted by molar-refractivity contribution is 6.32. The Morgan fingerprint density at radius 1 is 1.50 bits per heavy atom. The highest BCUT2D eigenvalue weighted by Crippen LogP contribution is 2.29. The van der Waals surface area contributed by atoms with Gasteiger partial charge in [0.15, 0.2) is 0 Å². The standard InChI is InChI=1S/C15H19ClN2O4/c1-15(14(20)21)6-3-7-18(15)9-13(19)17-10-4-5-12(22-2)11(16)8-10/h4-5,8H,3,6-7,9H2,1-2H3,(H,17,19)(H,20,21). The third kappa shape index (κ3) is 3.34. The van der Waals surface area contributed by atoms with Gasteiger partial charge in [0.1, 0.15) is 11.3 Å². The summed E-state index contributed by atoms with van der Waals surface area (Å²) in [6, 6.07) is 4.94. The number of carboxylic acid groups (broad SMARTS) is 1. The van der Waals surface area contributed by atoms with E-state index in [1.54, 1.807) is 30.0 Å². The second-order valence-electron chi connectivity index (χ2n) is 5.50. The number of hydrogen-bond acceptors (Lipinski definition) is 4. The van der Waals surface area contributed by atoms with Crippen LogP contribution >= 0.6 is 11.6 Å². The highest BCUT2D eigenvalue weighted by atomic mass is 35.5. The van der Waals surface area contributed by atoms with Gasteiger partial charge in [-0.1, -0.05) is 11.6 Å². The lowest BCUT2D eigenvalue weighted by Gasteiger charge is -2.30. The molecule has 0 aliphatic carbocycles. The minimum atomic E-state index is -0.977. The number of hydrogen-bond donors (Lipinski definition) is 2. The van der Waals surface area contributed by atoms with E-state index >= 15 is 0 Å². The predicted octanol–water partition coefficient (Wildman–Crippen LogP) is 2.23. The fourth-order valence-electron chi connectivity index (χ4n) is 2.63. The number of carbonyl (C=O) groups excluding carboxylic acids is 1. The zero-order valence-electron chi connectivity index (χ0n) is 12.6. The van der Waals surface area contributed by atoms with Gasteiger partial charge < -0.3 is 15.2 Å². The van der Waals surface area contributed by atoms with Crippen LogP contribution in [0.15, 0.2) is 18.2 Å². The van der Waals surface area contributed by atoms with Gasteiger partial charge in [-0.2, -0.15) is 0 Å². The fourth-order valence-corrected chi connectivity index (χ4v) is 2.89. The molecular weight excluding hydrogens is 308 g/mol. The smallest absolute Gasteiger partial charge is 0.323 e. The summed E-state index contributed by atoms with van der Waals surface area (Å²) < 4.78 is 5.05. The molecular formula is C15H19ClN2O4. The van der Waals surface area contributed by atoms with Gasteiger partial charge in [-0.3, -0.25) is 14.5 Å². The molecule has 22 heavy (non-hydrogen) atoms. The summed E-state index contributed by atoms with van der Waals surface area (Å²) in [5.74, 6) is -0.640. The molecule has 7 heteroatoms. The predicted molar refractivity (Wildman–Crippen MR) is 83.5 cm³/mol. The molecule has 0 radical (unpaired) electrons. The van der Waals surface area contributed by atoms with Crippen LogP contribution in [0.25, 0.3) is 0 Å². The quantitative estimate of drug-likeness (QED) is 0.867. The number of carboxylic acids is 1. The topological polar surface area (TPSA) is 78.9 Å². The van der Waals surface area contributed by atoms with Crippen molar-refractivity contribution in [1.29, 1.82) is 0 Å². The van der Waals surface area contributed by atoms with E-state index in [4.69, 9.17) is 16.3 Å². The number of rotatable bonds is 5. The number of likely N-dealkylation sites (tertiary alicyclic amines) is 1. The SMILES string of the molecule is COc1ccc(NC(=O)CN2CCCC2(C)C(=O)O)cc1Cl. The highest BCUT2D eigenvalue weighted by Gasteiger charge is 2.43. The number of amides is 1. The zero-order chi connectivity index (χ0) is 16.3. The molecule has 1 heterocycles. The van der Waals surface area contributed by atoms with Gasteiger partial charge in [0.2, 0.25) is 5.91 Å². The molecule has 6 nitrogen and oxygen atoms in total. The molecule has 1 aromatic rings. The molecule has 0 saturated carbocycles. The molecule has 1 amide bonds. The molecule has 1 aromatic carbocycles. The summed E-state index contributed by atoms with van der Waals surface area (Å²) in [5, 5.41) is 12.5. The molecule has 2 N–H and O–H groups in total. The first-order valence-electron chi connectivity index (χ1n) is 6.98. The van der Waals surface area contributed by atoms with Crippen LogP contribution in [0.2, 0.25) is 5.02 Å². The van der Waals surface area contributed by atoms with E-state index in [2.05, 4.69) is 5.32 Å². The van der Waals surface area contributed by atoms with Crippen molar-refractivity contribution in [2.75, 3.05) is 25.5 Å². The lowest BCUT2D eigenvalue weighted by molar-refractivity contribution is -0.149. The molecule has 0 spiro atoms. The minimum Gasteiger partial charge on any atom is -0.495 e. The molecule has 2 rings (SSSR count). The van der Waals surface area contributed by atoms with Crippen molar-refractivity contribution in [1.82, 2.24) is 4.90 Å². The molecule has 1 aliphatic heterocycles. The summed E-state index contributed by atoms with van der Waals surface area (Å²) in [7, 11) is 1.51. The Morgan fingerprint density at radius 2 is 2.23 bits per heavy atom. The molecule has 120 valence electrons. The number of nitrogens with zero attached hydrogens (tertiary/aromatic N) is 1. The minimum absolute atomic E-state index is 0.0342. The van der Waals surface area contributed by atoms with Crippen molar-refractivity contribution >= 4 is 29.2 Å². The van der Waals surface area contributed by atoms with Crippen LogP contribution in [0.5, 0.6) is 5.75 Å². The van der Waals surface area contributed by atoms with Crippen molar-refractivity contribution in [3.05, 3.63) is 23.2 Å². The number of aliphatic carboxylic acids is 1. The Balaban J connectivity index is 2.01. The molecule has 1 fully saturated rings. The third-order valence-electron chi connectivity index (χ3n) is 4.02. The molecule has 0 aromatic heterocycles. The second kappa shape index (κ2) is 6.54. The number of anilines is 1. The van der Waals surface area contributed by atoms with Gasteiger partial charge in [-0.15, -0.1) is 0 Å². The summed E-state index contributed by atoms with van der Waals surface area (Å²) in [4.78, 5) is 25.2. The van der Waals surface area contributed by atoms with Gasteiger partial charge >= 0.3 is 5.97 Å². The van der Waals surface area contributed by atoms with Crippen molar-refractivity contribution in [2.45, 2.75) is 25.3 Å². The number of halogens is 1. The Morgan fingerprint density at radius 3 is 2.82 bits per heavy atom. The van der Waals surface area contributed by atoms with Crippen LogP contribution in [-0.4, -0.2) is 47.6 Å². The lowest BCUT2D eigenvalue weighted by atomic mass is 9.99. The van der Waals surface area contributed by atoms with Crippen LogP contribution in [-0.2, 0) is 9.59 Å². The van der Waals surface area contributed by atoms with E-state index in [0.29, 0.717) is 29.4 Å². The van der Waals surface area contributed by atoms with Gasteiger partial charge in [-0.05, 0) is 44.5 Å². The van der Waals surface area contributed by atoms with Gasteiger partial charge in [-0.25, -0.2) is 0 Å². The van der Waals surface area contributed by atoms with Crippen molar-refractivity contribution < 1.29 is 19.4 Å². The summed E-state index contributed by atoms with van der Waals surface area (Å²) in [5.41, 5.74) is -0.429. The van der Waals surface area contributed by atoms with Crippen molar-refractivity contribution in [3.8, 4) is 5.75 Å². The summed E-state index contributed by atoms with van der Waals surface area (Å²) >= 11 is 6.01. The van der Waals surface area contributed by atoms with Crippen LogP contribution in [0, 0.1) is 0 Å². The number of carbonyl (C=O) groups is 2. The first kappa shape index (κ1) is 16.6. The van der Waals surface area contributed by atoms with E-state index in [1.807, 2.05) is 0 Å². The maximum atomic E-state index is 12.1. The van der Waals surface area contributed by atoms with Crippen LogP contribution in [0.3, 0.4) is 0 Å². The molecule has 0 bridgehead atoms. The number of ether oxygens (including phenoxy) is 1. The summed E-state index contributed by atoms with van der Waals surface area (Å²) in [6.45, 7) is 2.28. The molecule has 1 unspecified atom stereocenters. The second-order valence-corrected chi connectivity index (χ2v) is 5.91. The van der Waals surface area contributed by atoms with E-state index in [1.165, 1.54) is 7.11 Å². The van der Waals surface area contributed by atoms with E-state index in [-0.39, 0.29) is 12.5 Å². The van der Waals surface area contributed by atoms with Gasteiger partial charge in [0, 0.05) is 5.69 Å². The fraction of sp³-hybridized carbons (Fsp3) is 0.467. The maximum Gasteiger partial charge on any atom is 0.323 e. The lowest BCUT2D eigenvalue weighted by Crippen LogP contribution is -2.50. The summed E-state index contributed by atoms with van der Waals surface area (Å²) in [6.07, 6.45) is 1.31. The van der Waals surface area contributed by atoms with Crippen LogP contribution < -0.4 is 10.1 Å². The Labute approximate surface area is 134 Å². The molecule has 1 atom stereocenters. The third-order valence-corrected chi connectivity index (χ3v) is 4.32. The number of nitrogens with one attached hydrogen (secondary N) is 1. The molecule has 1 aliphatic rings. The Bertz CT molecular complexity index is 593. The van der Waals surface area contributed by atoms with Crippen molar-refractivity contribution in [3.63, 3.8) is 0 Å². The van der Waals surface area contributed by atoms with E-state index < -0.39 is 11.5 Å². The maximum absolute atomic E-state index is 12.1. The zero-order valence-corrected chi connectivity index (χ0v) is 13.3. The average molecular weight is 327 g/mol. The van der Waals surface area contributed by atoms with Crippen LogP contribution in [0.4, 0.5) is 5.69 Å². The first-order valence-corrected chi connectivity index (χ1v) is 7.36. The normalized spacial score (nSPS) is 21.6. The average Bonchev–Trinajstić information content (AvgIpc) is 2.81. The Hall–Kier alpha value is -1.79.